The molecule has 0 unspecified atom stereocenters. The van der Waals surface area contributed by atoms with Crippen LogP contribution in [0.2, 0.25) is 0 Å². The molecule has 1 fully saturated rings. The Labute approximate surface area is 152 Å². The van der Waals surface area contributed by atoms with Crippen molar-refractivity contribution >= 4 is 17.6 Å². The number of nitrogens with one attached hydrogen (secondary N) is 2. The van der Waals surface area contributed by atoms with Gasteiger partial charge in [-0.05, 0) is 19.8 Å². The Bertz CT molecular complexity index is 879. The topological polar surface area (TPSA) is 93.7 Å². The van der Waals surface area contributed by atoms with Crippen LogP contribution in [0.25, 0.3) is 11.1 Å². The molecule has 2 N–H and O–H groups in total. The minimum absolute atomic E-state index is 0.441. The first-order valence-corrected chi connectivity index (χ1v) is 9.00. The minimum atomic E-state index is 0.441. The molecular weight excluding hydrogens is 330 g/mol. The van der Waals surface area contributed by atoms with Gasteiger partial charge in [0.05, 0.1) is 6.20 Å². The zero-order valence-corrected chi connectivity index (χ0v) is 15.1. The van der Waals surface area contributed by atoms with E-state index in [1.165, 1.54) is 32.1 Å². The summed E-state index contributed by atoms with van der Waals surface area (Å²) >= 11 is 0. The van der Waals surface area contributed by atoms with Crippen molar-refractivity contribution in [3.8, 4) is 11.1 Å². The van der Waals surface area contributed by atoms with Crippen LogP contribution in [0.3, 0.4) is 0 Å². The highest BCUT2D eigenvalue weighted by atomic mass is 16.5. The van der Waals surface area contributed by atoms with Crippen LogP contribution in [0.4, 0.5) is 17.6 Å². The number of hydrogen-bond acceptors (Lipinski definition) is 7. The van der Waals surface area contributed by atoms with Gasteiger partial charge < -0.3 is 15.2 Å². The summed E-state index contributed by atoms with van der Waals surface area (Å²) in [4.78, 5) is 9.15. The van der Waals surface area contributed by atoms with Gasteiger partial charge in [-0.3, -0.25) is 4.68 Å². The molecule has 0 radical (unpaired) electrons. The largest absolute Gasteiger partial charge is 0.367 e. The number of rotatable bonds is 5. The van der Waals surface area contributed by atoms with Gasteiger partial charge in [-0.25, -0.2) is 4.98 Å². The lowest BCUT2D eigenvalue weighted by Crippen LogP contribution is -2.23. The molecule has 8 heteroatoms. The Hall–Kier alpha value is -2.90. The predicted octanol–water partition coefficient (Wildman–Crippen LogP) is 3.66. The first-order valence-electron chi connectivity index (χ1n) is 9.00. The lowest BCUT2D eigenvalue weighted by molar-refractivity contribution is 0.400. The molecule has 3 aromatic rings. The van der Waals surface area contributed by atoms with Gasteiger partial charge in [0, 0.05) is 42.7 Å². The first-order chi connectivity index (χ1) is 12.7. The van der Waals surface area contributed by atoms with E-state index in [0.29, 0.717) is 17.8 Å². The van der Waals surface area contributed by atoms with Gasteiger partial charge in [-0.15, -0.1) is 0 Å². The summed E-state index contributed by atoms with van der Waals surface area (Å²) in [6.07, 6.45) is 11.8. The molecule has 3 heterocycles. The molecule has 0 amide bonds. The van der Waals surface area contributed by atoms with E-state index in [2.05, 4.69) is 25.9 Å². The third-order valence-corrected chi connectivity index (χ3v) is 4.62. The average Bonchev–Trinajstić information content (AvgIpc) is 3.24. The third-order valence-electron chi connectivity index (χ3n) is 4.62. The normalized spacial score (nSPS) is 15.2. The second-order valence-corrected chi connectivity index (χ2v) is 6.79. The quantitative estimate of drug-likeness (QED) is 0.723. The monoisotopic (exact) mass is 353 g/mol. The van der Waals surface area contributed by atoms with E-state index < -0.39 is 0 Å². The molecule has 4 rings (SSSR count). The Kier molecular flexibility index (Phi) is 4.55. The Morgan fingerprint density at radius 3 is 2.73 bits per heavy atom. The molecular formula is C18H23N7O. The van der Waals surface area contributed by atoms with Crippen LogP contribution in [0.15, 0.2) is 29.2 Å². The second-order valence-electron chi connectivity index (χ2n) is 6.79. The second kappa shape index (κ2) is 7.15. The molecule has 0 spiro atoms. The van der Waals surface area contributed by atoms with Crippen molar-refractivity contribution in [1.29, 1.82) is 0 Å². The number of hydrogen-bond donors (Lipinski definition) is 2. The molecule has 1 saturated carbocycles. The van der Waals surface area contributed by atoms with Crippen LogP contribution < -0.4 is 10.6 Å². The molecule has 0 aromatic carbocycles. The molecule has 1 aliphatic rings. The van der Waals surface area contributed by atoms with Gasteiger partial charge in [-0.1, -0.05) is 24.4 Å². The van der Waals surface area contributed by atoms with Gasteiger partial charge in [0.2, 0.25) is 5.95 Å². The Morgan fingerprint density at radius 2 is 2.04 bits per heavy atom. The fraction of sp³-hybridized carbons (Fsp3) is 0.444. The van der Waals surface area contributed by atoms with Crippen LogP contribution >= 0.6 is 0 Å². The van der Waals surface area contributed by atoms with E-state index in [1.54, 1.807) is 4.68 Å². The van der Waals surface area contributed by atoms with E-state index >= 15 is 0 Å². The third kappa shape index (κ3) is 3.68. The molecule has 0 atom stereocenters. The van der Waals surface area contributed by atoms with Crippen molar-refractivity contribution in [1.82, 2.24) is 24.9 Å². The Balaban J connectivity index is 1.64. The summed E-state index contributed by atoms with van der Waals surface area (Å²) in [7, 11) is 1.90. The van der Waals surface area contributed by atoms with E-state index in [4.69, 9.17) is 9.51 Å². The molecule has 136 valence electrons. The van der Waals surface area contributed by atoms with Gasteiger partial charge in [0.15, 0.2) is 5.82 Å². The van der Waals surface area contributed by atoms with Gasteiger partial charge in [-0.2, -0.15) is 10.1 Å². The smallest absolute Gasteiger partial charge is 0.230 e. The highest BCUT2D eigenvalue weighted by Gasteiger charge is 2.18. The number of anilines is 3. The predicted molar refractivity (Wildman–Crippen MR) is 99.3 cm³/mol. The molecule has 1 aliphatic carbocycles. The van der Waals surface area contributed by atoms with E-state index in [9.17, 15) is 0 Å². The number of aromatic nitrogens is 5. The lowest BCUT2D eigenvalue weighted by atomic mass is 9.95. The van der Waals surface area contributed by atoms with Crippen molar-refractivity contribution in [3.63, 3.8) is 0 Å². The van der Waals surface area contributed by atoms with Crippen LogP contribution in [0.1, 0.15) is 37.9 Å². The van der Waals surface area contributed by atoms with E-state index in [0.717, 1.165) is 22.7 Å². The minimum Gasteiger partial charge on any atom is -0.367 e. The summed E-state index contributed by atoms with van der Waals surface area (Å²) in [5, 5.41) is 14.9. The molecule has 0 bridgehead atoms. The Morgan fingerprint density at radius 1 is 1.19 bits per heavy atom. The summed E-state index contributed by atoms with van der Waals surface area (Å²) in [6.45, 7) is 1.85. The zero-order chi connectivity index (χ0) is 17.9. The SMILES string of the molecule is Cc1cc(Nc2ncc(-c3cnn(C)c3)c(NC3CCCCC3)n2)no1. The van der Waals surface area contributed by atoms with Gasteiger partial charge in [0.1, 0.15) is 11.6 Å². The van der Waals surface area contributed by atoms with Crippen LogP contribution in [0, 0.1) is 6.92 Å². The lowest BCUT2D eigenvalue weighted by Gasteiger charge is -2.24. The maximum absolute atomic E-state index is 5.09. The van der Waals surface area contributed by atoms with Crippen LogP contribution in [0.5, 0.6) is 0 Å². The summed E-state index contributed by atoms with van der Waals surface area (Å²) in [5.41, 5.74) is 1.94. The molecule has 26 heavy (non-hydrogen) atoms. The van der Waals surface area contributed by atoms with Crippen LogP contribution in [-0.4, -0.2) is 30.9 Å². The standard InChI is InChI=1S/C18H23N7O/c1-12-8-16(24-26-12)22-18-19-10-15(13-9-20-25(2)11-13)17(23-18)21-14-6-4-3-5-7-14/h8-11,14H,3-7H2,1-2H3,(H2,19,21,22,23,24). The maximum Gasteiger partial charge on any atom is 0.230 e. The van der Waals surface area contributed by atoms with Crippen molar-refractivity contribution in [2.45, 2.75) is 45.1 Å². The van der Waals surface area contributed by atoms with Crippen LogP contribution in [-0.2, 0) is 7.05 Å². The van der Waals surface area contributed by atoms with E-state index in [-0.39, 0.29) is 0 Å². The maximum atomic E-state index is 5.09. The highest BCUT2D eigenvalue weighted by Crippen LogP contribution is 2.30. The number of nitrogens with zero attached hydrogens (tertiary/aromatic N) is 5. The van der Waals surface area contributed by atoms with Gasteiger partial charge >= 0.3 is 0 Å². The molecule has 0 aliphatic heterocycles. The fourth-order valence-corrected chi connectivity index (χ4v) is 3.30. The average molecular weight is 353 g/mol. The summed E-state index contributed by atoms with van der Waals surface area (Å²) < 4.78 is 6.87. The van der Waals surface area contributed by atoms with Gasteiger partial charge in [0.25, 0.3) is 0 Å². The molecule has 0 saturated heterocycles. The van der Waals surface area contributed by atoms with Crippen molar-refractivity contribution < 1.29 is 4.52 Å². The van der Waals surface area contributed by atoms with Crippen molar-refractivity contribution in [2.24, 2.45) is 7.05 Å². The van der Waals surface area contributed by atoms with E-state index in [1.807, 2.05) is 38.6 Å². The summed E-state index contributed by atoms with van der Waals surface area (Å²) in [5.74, 6) is 2.65. The fourth-order valence-electron chi connectivity index (χ4n) is 3.30. The first kappa shape index (κ1) is 16.6. The zero-order valence-electron chi connectivity index (χ0n) is 15.1. The molecule has 3 aromatic heterocycles. The highest BCUT2D eigenvalue weighted by molar-refractivity contribution is 5.75. The van der Waals surface area contributed by atoms with Crippen molar-refractivity contribution in [3.05, 3.63) is 30.4 Å². The molecule has 8 nitrogen and oxygen atoms in total. The number of aryl methyl sites for hydroxylation is 2. The van der Waals surface area contributed by atoms with Crippen molar-refractivity contribution in [2.75, 3.05) is 10.6 Å². The summed E-state index contributed by atoms with van der Waals surface area (Å²) in [6, 6.07) is 2.25.